The molecule has 2 aromatic rings. The van der Waals surface area contributed by atoms with E-state index in [0.717, 1.165) is 0 Å². The van der Waals surface area contributed by atoms with Crippen molar-refractivity contribution in [2.24, 2.45) is 7.05 Å². The second-order valence-electron chi connectivity index (χ2n) is 4.37. The minimum absolute atomic E-state index is 0.0872. The molecule has 0 unspecified atom stereocenters. The Hall–Kier alpha value is -1.65. The van der Waals surface area contributed by atoms with Gasteiger partial charge in [-0.2, -0.15) is 0 Å². The lowest BCUT2D eigenvalue weighted by Crippen LogP contribution is -2.42. The fourth-order valence-corrected chi connectivity index (χ4v) is 3.53. The van der Waals surface area contributed by atoms with Crippen molar-refractivity contribution in [2.75, 3.05) is 0 Å². The van der Waals surface area contributed by atoms with E-state index < -0.39 is 15.9 Å². The molecule has 2 N–H and O–H groups in total. The molecule has 0 aliphatic heterocycles. The number of aryl methyl sites for hydroxylation is 3. The molecule has 0 saturated carbocycles. The third-order valence-electron chi connectivity index (χ3n) is 2.74. The lowest BCUT2D eigenvalue weighted by Gasteiger charge is -2.08. The minimum Gasteiger partial charge on any atom is -0.360 e. The van der Waals surface area contributed by atoms with Crippen LogP contribution in [0.2, 0.25) is 0 Å². The van der Waals surface area contributed by atoms with Crippen LogP contribution in [-0.4, -0.2) is 24.0 Å². The summed E-state index contributed by atoms with van der Waals surface area (Å²) in [7, 11) is -2.28. The van der Waals surface area contributed by atoms with Crippen molar-refractivity contribution in [3.63, 3.8) is 0 Å². The van der Waals surface area contributed by atoms with Crippen molar-refractivity contribution in [3.8, 4) is 0 Å². The topological polar surface area (TPSA) is 106 Å². The number of hydrogen-bond acceptors (Lipinski definition) is 5. The summed E-state index contributed by atoms with van der Waals surface area (Å²) in [5, 5.41) is 3.57. The number of carbonyl (C=O) groups excluding carboxylic acids is 1. The van der Waals surface area contributed by atoms with Crippen LogP contribution in [0.1, 0.15) is 21.9 Å². The van der Waals surface area contributed by atoms with E-state index in [4.69, 9.17) is 4.52 Å². The van der Waals surface area contributed by atoms with E-state index in [-0.39, 0.29) is 16.3 Å². The summed E-state index contributed by atoms with van der Waals surface area (Å²) in [6.07, 6.45) is 1.68. The molecule has 0 aliphatic carbocycles. The summed E-state index contributed by atoms with van der Waals surface area (Å²) in [4.78, 5) is 13.9. The van der Waals surface area contributed by atoms with Gasteiger partial charge in [-0.25, -0.2) is 8.42 Å². The zero-order valence-corrected chi connectivity index (χ0v) is 13.9. The first-order chi connectivity index (χ1) is 9.72. The van der Waals surface area contributed by atoms with Gasteiger partial charge in [-0.15, -0.1) is 4.83 Å². The monoisotopic (exact) mass is 376 g/mol. The quantitative estimate of drug-likeness (QED) is 0.774. The molecule has 2 heterocycles. The standard InChI is InChI=1S/C11H13BrN4O4S/c1-6-10(7(2)20-14-6)21(18,19)15-13-11(17)9-4-8(12)5-16(9)3/h4-5,15H,1-3H3,(H,13,17). The zero-order valence-electron chi connectivity index (χ0n) is 11.5. The van der Waals surface area contributed by atoms with E-state index in [0.29, 0.717) is 10.2 Å². The summed E-state index contributed by atoms with van der Waals surface area (Å²) in [5.74, 6) is -0.436. The summed E-state index contributed by atoms with van der Waals surface area (Å²) in [5.41, 5.74) is 2.66. The van der Waals surface area contributed by atoms with Gasteiger partial charge in [0.15, 0.2) is 5.76 Å². The number of rotatable bonds is 4. The van der Waals surface area contributed by atoms with Crippen molar-refractivity contribution >= 4 is 31.9 Å². The fraction of sp³-hybridized carbons (Fsp3) is 0.273. The number of sulfonamides is 1. The van der Waals surface area contributed by atoms with Crippen molar-refractivity contribution in [1.29, 1.82) is 0 Å². The number of nitrogens with one attached hydrogen (secondary N) is 2. The maximum absolute atomic E-state index is 12.1. The first-order valence-corrected chi connectivity index (χ1v) is 8.07. The summed E-state index contributed by atoms with van der Waals surface area (Å²) in [6, 6.07) is 1.57. The van der Waals surface area contributed by atoms with Gasteiger partial charge < -0.3 is 9.09 Å². The zero-order chi connectivity index (χ0) is 15.8. The number of amides is 1. The molecule has 114 valence electrons. The molecule has 0 atom stereocenters. The van der Waals surface area contributed by atoms with Crippen LogP contribution in [0, 0.1) is 13.8 Å². The highest BCUT2D eigenvalue weighted by atomic mass is 79.9. The molecule has 21 heavy (non-hydrogen) atoms. The molecule has 2 rings (SSSR count). The van der Waals surface area contributed by atoms with Crippen LogP contribution in [-0.2, 0) is 17.1 Å². The molecular formula is C11H13BrN4O4S. The van der Waals surface area contributed by atoms with Crippen LogP contribution in [0.5, 0.6) is 0 Å². The van der Waals surface area contributed by atoms with Crippen molar-refractivity contribution < 1.29 is 17.7 Å². The lowest BCUT2D eigenvalue weighted by molar-refractivity contribution is 0.0937. The Morgan fingerprint density at radius 1 is 1.43 bits per heavy atom. The molecule has 0 aromatic carbocycles. The highest BCUT2D eigenvalue weighted by Gasteiger charge is 2.25. The highest BCUT2D eigenvalue weighted by molar-refractivity contribution is 9.10. The predicted molar refractivity (Wildman–Crippen MR) is 76.9 cm³/mol. The third kappa shape index (κ3) is 3.17. The summed E-state index contributed by atoms with van der Waals surface area (Å²) in [6.45, 7) is 2.98. The Kier molecular flexibility index (Phi) is 4.21. The van der Waals surface area contributed by atoms with Crippen molar-refractivity contribution in [3.05, 3.63) is 33.9 Å². The number of nitrogens with zero attached hydrogens (tertiary/aromatic N) is 2. The summed E-state index contributed by atoms with van der Waals surface area (Å²) < 4.78 is 31.3. The molecule has 0 radical (unpaired) electrons. The van der Waals surface area contributed by atoms with E-state index in [1.54, 1.807) is 23.9 Å². The molecule has 0 fully saturated rings. The second kappa shape index (κ2) is 5.62. The SMILES string of the molecule is Cc1noc(C)c1S(=O)(=O)NNC(=O)c1cc(Br)cn1C. The maximum Gasteiger partial charge on any atom is 0.282 e. The Balaban J connectivity index is 2.16. The van der Waals surface area contributed by atoms with E-state index in [1.807, 2.05) is 4.83 Å². The Morgan fingerprint density at radius 3 is 2.57 bits per heavy atom. The number of hydrazine groups is 1. The number of carbonyl (C=O) groups is 1. The number of hydrogen-bond donors (Lipinski definition) is 2. The van der Waals surface area contributed by atoms with Gasteiger partial charge in [0.05, 0.1) is 0 Å². The number of aromatic nitrogens is 2. The normalized spacial score (nSPS) is 11.6. The minimum atomic E-state index is -3.95. The van der Waals surface area contributed by atoms with Crippen molar-refractivity contribution in [1.82, 2.24) is 20.0 Å². The van der Waals surface area contributed by atoms with Gasteiger partial charge in [-0.05, 0) is 35.8 Å². The van der Waals surface area contributed by atoms with Gasteiger partial charge in [0.2, 0.25) is 0 Å². The molecule has 2 aromatic heterocycles. The third-order valence-corrected chi connectivity index (χ3v) is 4.66. The Labute approximate surface area is 129 Å². The van der Waals surface area contributed by atoms with E-state index >= 15 is 0 Å². The molecule has 0 spiro atoms. The van der Waals surface area contributed by atoms with Gasteiger partial charge >= 0.3 is 0 Å². The van der Waals surface area contributed by atoms with Gasteiger partial charge in [0.1, 0.15) is 16.3 Å². The van der Waals surface area contributed by atoms with Gasteiger partial charge in [0.25, 0.3) is 15.9 Å². The lowest BCUT2D eigenvalue weighted by atomic mass is 10.4. The van der Waals surface area contributed by atoms with Crippen LogP contribution < -0.4 is 10.3 Å². The summed E-state index contributed by atoms with van der Waals surface area (Å²) >= 11 is 3.23. The second-order valence-corrected chi connectivity index (χ2v) is 6.90. The van der Waals surface area contributed by atoms with E-state index in [9.17, 15) is 13.2 Å². The maximum atomic E-state index is 12.1. The molecule has 0 bridgehead atoms. The fourth-order valence-electron chi connectivity index (χ4n) is 1.84. The van der Waals surface area contributed by atoms with Crippen LogP contribution in [0.3, 0.4) is 0 Å². The first kappa shape index (κ1) is 15.7. The smallest absolute Gasteiger partial charge is 0.282 e. The van der Waals surface area contributed by atoms with Gasteiger partial charge in [0, 0.05) is 17.7 Å². The highest BCUT2D eigenvalue weighted by Crippen LogP contribution is 2.18. The average molecular weight is 377 g/mol. The molecule has 8 nitrogen and oxygen atoms in total. The Morgan fingerprint density at radius 2 is 2.10 bits per heavy atom. The van der Waals surface area contributed by atoms with E-state index in [2.05, 4.69) is 26.5 Å². The van der Waals surface area contributed by atoms with Gasteiger partial charge in [-0.3, -0.25) is 10.2 Å². The largest absolute Gasteiger partial charge is 0.360 e. The van der Waals surface area contributed by atoms with Gasteiger partial charge in [-0.1, -0.05) is 5.16 Å². The molecule has 0 aliphatic rings. The average Bonchev–Trinajstić information content (AvgIpc) is 2.89. The van der Waals surface area contributed by atoms with Crippen LogP contribution in [0.25, 0.3) is 0 Å². The number of halogens is 1. The van der Waals surface area contributed by atoms with Crippen LogP contribution in [0.4, 0.5) is 0 Å². The van der Waals surface area contributed by atoms with E-state index in [1.165, 1.54) is 13.8 Å². The molecule has 1 amide bonds. The van der Waals surface area contributed by atoms with Crippen LogP contribution in [0.15, 0.2) is 26.2 Å². The Bertz CT molecular complexity index is 774. The van der Waals surface area contributed by atoms with Crippen LogP contribution >= 0.6 is 15.9 Å². The molecule has 10 heteroatoms. The molecule has 0 saturated heterocycles. The predicted octanol–water partition coefficient (Wildman–Crippen LogP) is 1.02. The first-order valence-electron chi connectivity index (χ1n) is 5.79. The molecular weight excluding hydrogens is 364 g/mol. The van der Waals surface area contributed by atoms with Crippen molar-refractivity contribution in [2.45, 2.75) is 18.7 Å².